The molecule has 132 valence electrons. The predicted octanol–water partition coefficient (Wildman–Crippen LogP) is 2.91. The van der Waals surface area contributed by atoms with Gasteiger partial charge in [0.2, 0.25) is 10.0 Å². The molecule has 1 unspecified atom stereocenters. The molecule has 2 aromatic carbocycles. The molecule has 1 aliphatic heterocycles. The number of nitrogens with one attached hydrogen (secondary N) is 1. The average Bonchev–Trinajstić information content (AvgIpc) is 3.02. The zero-order chi connectivity index (χ0) is 17.9. The summed E-state index contributed by atoms with van der Waals surface area (Å²) < 4.78 is 25.2. The van der Waals surface area contributed by atoms with Gasteiger partial charge in [-0.2, -0.15) is 0 Å². The molecule has 2 aromatic rings. The van der Waals surface area contributed by atoms with E-state index < -0.39 is 10.0 Å². The smallest absolute Gasteiger partial charge is 0.254 e. The Balaban J connectivity index is 1.76. The Labute approximate surface area is 148 Å². The predicted molar refractivity (Wildman–Crippen MR) is 99.1 cm³/mol. The number of carbonyl (C=O) groups excluding carboxylic acids is 1. The highest BCUT2D eigenvalue weighted by molar-refractivity contribution is 7.92. The third-order valence-electron chi connectivity index (χ3n) is 4.36. The van der Waals surface area contributed by atoms with E-state index in [2.05, 4.69) is 16.9 Å². The summed E-state index contributed by atoms with van der Waals surface area (Å²) in [7, 11) is -3.37. The van der Waals surface area contributed by atoms with Crippen LogP contribution in [0.2, 0.25) is 0 Å². The molecule has 1 aliphatic rings. The summed E-state index contributed by atoms with van der Waals surface area (Å²) in [5, 5.41) is 0. The maximum Gasteiger partial charge on any atom is 0.254 e. The molecule has 5 nitrogen and oxygen atoms in total. The monoisotopic (exact) mass is 358 g/mol. The molecular weight excluding hydrogens is 336 g/mol. The van der Waals surface area contributed by atoms with Crippen LogP contribution in [0.25, 0.3) is 0 Å². The molecule has 0 spiro atoms. The lowest BCUT2D eigenvalue weighted by atomic mass is 10.0. The number of sulfonamides is 1. The summed E-state index contributed by atoms with van der Waals surface area (Å²) >= 11 is 0. The fourth-order valence-electron chi connectivity index (χ4n) is 3.30. The lowest BCUT2D eigenvalue weighted by Crippen LogP contribution is -2.36. The molecule has 1 fully saturated rings. The molecule has 6 heteroatoms. The highest BCUT2D eigenvalue weighted by Gasteiger charge is 2.29. The van der Waals surface area contributed by atoms with Gasteiger partial charge in [-0.1, -0.05) is 36.4 Å². The van der Waals surface area contributed by atoms with Gasteiger partial charge < -0.3 is 4.90 Å². The van der Waals surface area contributed by atoms with Crippen molar-refractivity contribution in [2.24, 2.45) is 0 Å². The largest absolute Gasteiger partial charge is 0.335 e. The van der Waals surface area contributed by atoms with Crippen molar-refractivity contribution in [2.75, 3.05) is 17.5 Å². The SMILES string of the molecule is CS(=O)(=O)Nc1cccc(C(=O)N2CCCC2Cc2ccccc2)c1. The van der Waals surface area contributed by atoms with Gasteiger partial charge in [0.1, 0.15) is 0 Å². The van der Waals surface area contributed by atoms with Gasteiger partial charge in [0, 0.05) is 23.8 Å². The van der Waals surface area contributed by atoms with E-state index in [1.165, 1.54) is 5.56 Å². The van der Waals surface area contributed by atoms with E-state index in [0.717, 1.165) is 32.1 Å². The van der Waals surface area contributed by atoms with E-state index in [9.17, 15) is 13.2 Å². The van der Waals surface area contributed by atoms with E-state index in [1.54, 1.807) is 24.3 Å². The minimum atomic E-state index is -3.37. The Hall–Kier alpha value is -2.34. The van der Waals surface area contributed by atoms with Crippen LogP contribution in [0.3, 0.4) is 0 Å². The Morgan fingerprint density at radius 1 is 1.16 bits per heavy atom. The molecule has 0 aromatic heterocycles. The second kappa shape index (κ2) is 7.27. The van der Waals surface area contributed by atoms with Gasteiger partial charge in [-0.25, -0.2) is 8.42 Å². The van der Waals surface area contributed by atoms with Gasteiger partial charge in [0.15, 0.2) is 0 Å². The third kappa shape index (κ3) is 4.60. The lowest BCUT2D eigenvalue weighted by Gasteiger charge is -2.25. The van der Waals surface area contributed by atoms with Crippen molar-refractivity contribution in [3.05, 3.63) is 65.7 Å². The summed E-state index contributed by atoms with van der Waals surface area (Å²) in [6.07, 6.45) is 3.91. The fraction of sp³-hybridized carbons (Fsp3) is 0.316. The molecular formula is C19H22N2O3S. The zero-order valence-corrected chi connectivity index (χ0v) is 15.0. The molecule has 0 saturated carbocycles. The number of carbonyl (C=O) groups is 1. The Bertz CT molecular complexity index is 850. The Morgan fingerprint density at radius 3 is 2.64 bits per heavy atom. The summed E-state index contributed by atoms with van der Waals surface area (Å²) in [5.41, 5.74) is 2.14. The van der Waals surface area contributed by atoms with Crippen molar-refractivity contribution in [2.45, 2.75) is 25.3 Å². The van der Waals surface area contributed by atoms with Crippen LogP contribution in [-0.2, 0) is 16.4 Å². The van der Waals surface area contributed by atoms with Gasteiger partial charge in [-0.05, 0) is 43.0 Å². The first-order valence-corrected chi connectivity index (χ1v) is 10.2. The van der Waals surface area contributed by atoms with Gasteiger partial charge >= 0.3 is 0 Å². The molecule has 0 aliphatic carbocycles. The van der Waals surface area contributed by atoms with Crippen LogP contribution in [0, 0.1) is 0 Å². The van der Waals surface area contributed by atoms with E-state index in [0.29, 0.717) is 11.3 Å². The molecule has 1 atom stereocenters. The second-order valence-corrected chi connectivity index (χ2v) is 8.19. The molecule has 1 N–H and O–H groups in total. The van der Waals surface area contributed by atoms with Crippen molar-refractivity contribution in [1.82, 2.24) is 4.90 Å². The van der Waals surface area contributed by atoms with E-state index >= 15 is 0 Å². The number of likely N-dealkylation sites (tertiary alicyclic amines) is 1. The van der Waals surface area contributed by atoms with E-state index in [1.807, 2.05) is 23.1 Å². The van der Waals surface area contributed by atoms with Crippen LogP contribution in [-0.4, -0.2) is 38.1 Å². The van der Waals surface area contributed by atoms with Crippen LogP contribution >= 0.6 is 0 Å². The first-order chi connectivity index (χ1) is 11.9. The first-order valence-electron chi connectivity index (χ1n) is 8.35. The molecule has 25 heavy (non-hydrogen) atoms. The van der Waals surface area contributed by atoms with E-state index in [4.69, 9.17) is 0 Å². The van der Waals surface area contributed by atoms with Crippen molar-refractivity contribution >= 4 is 21.6 Å². The van der Waals surface area contributed by atoms with Crippen molar-refractivity contribution in [3.63, 3.8) is 0 Å². The van der Waals surface area contributed by atoms with Gasteiger partial charge in [0.05, 0.1) is 6.26 Å². The zero-order valence-electron chi connectivity index (χ0n) is 14.2. The maximum atomic E-state index is 12.9. The second-order valence-electron chi connectivity index (χ2n) is 6.44. The Morgan fingerprint density at radius 2 is 1.92 bits per heavy atom. The van der Waals surface area contributed by atoms with E-state index in [-0.39, 0.29) is 11.9 Å². The fourth-order valence-corrected chi connectivity index (χ4v) is 3.85. The molecule has 0 radical (unpaired) electrons. The van der Waals surface area contributed by atoms with Gasteiger partial charge in [-0.3, -0.25) is 9.52 Å². The molecule has 1 amide bonds. The number of amides is 1. The van der Waals surface area contributed by atoms with Crippen LogP contribution in [0.4, 0.5) is 5.69 Å². The minimum Gasteiger partial charge on any atom is -0.335 e. The normalized spacial score (nSPS) is 17.5. The topological polar surface area (TPSA) is 66.5 Å². The lowest BCUT2D eigenvalue weighted by molar-refractivity contribution is 0.0736. The van der Waals surface area contributed by atoms with Crippen LogP contribution in [0.1, 0.15) is 28.8 Å². The number of hydrogen-bond acceptors (Lipinski definition) is 3. The van der Waals surface area contributed by atoms with Crippen LogP contribution < -0.4 is 4.72 Å². The number of hydrogen-bond donors (Lipinski definition) is 1. The molecule has 1 heterocycles. The molecule has 1 saturated heterocycles. The van der Waals surface area contributed by atoms with Crippen LogP contribution in [0.5, 0.6) is 0 Å². The quantitative estimate of drug-likeness (QED) is 0.894. The Kier molecular flexibility index (Phi) is 5.08. The number of benzene rings is 2. The minimum absolute atomic E-state index is 0.0458. The van der Waals surface area contributed by atoms with Gasteiger partial charge in [0.25, 0.3) is 5.91 Å². The van der Waals surface area contributed by atoms with Crippen LogP contribution in [0.15, 0.2) is 54.6 Å². The average molecular weight is 358 g/mol. The first kappa shape index (κ1) is 17.5. The number of anilines is 1. The molecule has 0 bridgehead atoms. The highest BCUT2D eigenvalue weighted by atomic mass is 32.2. The van der Waals surface area contributed by atoms with Gasteiger partial charge in [-0.15, -0.1) is 0 Å². The number of nitrogens with zero attached hydrogens (tertiary/aromatic N) is 1. The summed E-state index contributed by atoms with van der Waals surface area (Å²) in [5.74, 6) is -0.0458. The molecule has 3 rings (SSSR count). The summed E-state index contributed by atoms with van der Waals surface area (Å²) in [6.45, 7) is 0.736. The van der Waals surface area contributed by atoms with Crippen molar-refractivity contribution in [1.29, 1.82) is 0 Å². The maximum absolute atomic E-state index is 12.9. The van der Waals surface area contributed by atoms with Crippen molar-refractivity contribution < 1.29 is 13.2 Å². The summed E-state index contributed by atoms with van der Waals surface area (Å²) in [6, 6.07) is 17.0. The standard InChI is InChI=1S/C19H22N2O3S/c1-25(23,24)20-17-10-5-9-16(14-17)19(22)21-12-6-11-18(21)13-15-7-3-2-4-8-15/h2-5,7-10,14,18,20H,6,11-13H2,1H3. The number of rotatable bonds is 5. The van der Waals surface area contributed by atoms with Crippen molar-refractivity contribution in [3.8, 4) is 0 Å². The third-order valence-corrected chi connectivity index (χ3v) is 4.97. The summed E-state index contributed by atoms with van der Waals surface area (Å²) in [4.78, 5) is 14.8. The highest BCUT2D eigenvalue weighted by Crippen LogP contribution is 2.24.